The number of carbonyl (C=O) groups is 5. The lowest BCUT2D eigenvalue weighted by atomic mass is 10.1. The van der Waals surface area contributed by atoms with Crippen molar-refractivity contribution in [2.24, 2.45) is 0 Å². The van der Waals surface area contributed by atoms with E-state index in [1.54, 1.807) is 12.1 Å². The maximum atomic E-state index is 12.4. The van der Waals surface area contributed by atoms with E-state index < -0.39 is 29.8 Å². The Bertz CT molecular complexity index is 1370. The van der Waals surface area contributed by atoms with Crippen LogP contribution in [-0.4, -0.2) is 29.8 Å². The van der Waals surface area contributed by atoms with E-state index in [1.165, 1.54) is 48.5 Å². The molecule has 0 aromatic heterocycles. The normalized spacial score (nSPS) is 13.6. The van der Waals surface area contributed by atoms with Gasteiger partial charge in [0.2, 0.25) is 0 Å². The van der Waals surface area contributed by atoms with Crippen LogP contribution in [0.2, 0.25) is 0 Å². The van der Waals surface area contributed by atoms with Crippen LogP contribution in [0.3, 0.4) is 0 Å². The van der Waals surface area contributed by atoms with Crippen LogP contribution in [0.1, 0.15) is 57.4 Å². The van der Waals surface area contributed by atoms with Crippen molar-refractivity contribution in [1.82, 2.24) is 0 Å². The van der Waals surface area contributed by atoms with E-state index in [9.17, 15) is 24.0 Å². The average molecular weight is 444 g/mol. The number of ether oxygens (including phenoxy) is 4. The van der Waals surface area contributed by atoms with Crippen LogP contribution in [0.5, 0.6) is 11.5 Å². The van der Waals surface area contributed by atoms with E-state index in [4.69, 9.17) is 14.2 Å². The Morgan fingerprint density at radius 1 is 0.636 bits per heavy atom. The summed E-state index contributed by atoms with van der Waals surface area (Å²) in [6.45, 7) is 0.178. The van der Waals surface area contributed by atoms with Crippen molar-refractivity contribution < 1.29 is 42.9 Å². The summed E-state index contributed by atoms with van der Waals surface area (Å²) in [6, 6.07) is 14.2. The highest BCUT2D eigenvalue weighted by Crippen LogP contribution is 2.25. The molecule has 0 atom stereocenters. The molecule has 9 nitrogen and oxygen atoms in total. The Balaban J connectivity index is 1.25. The molecular formula is C24H12O9. The number of fused-ring (bicyclic) bond motifs is 2. The fourth-order valence-corrected chi connectivity index (χ4v) is 3.36. The van der Waals surface area contributed by atoms with Gasteiger partial charge in [0, 0.05) is 5.56 Å². The lowest BCUT2D eigenvalue weighted by molar-refractivity contribution is 0.0441. The van der Waals surface area contributed by atoms with Crippen LogP contribution in [0.25, 0.3) is 0 Å². The van der Waals surface area contributed by atoms with E-state index in [-0.39, 0.29) is 40.4 Å². The highest BCUT2D eigenvalue weighted by molar-refractivity contribution is 6.15. The fraction of sp³-hybridized carbons (Fsp3) is 0.0417. The van der Waals surface area contributed by atoms with Gasteiger partial charge in [-0.05, 0) is 54.6 Å². The third-order valence-corrected chi connectivity index (χ3v) is 5.05. The van der Waals surface area contributed by atoms with Gasteiger partial charge in [0.05, 0.1) is 27.8 Å². The van der Waals surface area contributed by atoms with Crippen molar-refractivity contribution in [2.45, 2.75) is 6.61 Å². The molecular weight excluding hydrogens is 432 g/mol. The summed E-state index contributed by atoms with van der Waals surface area (Å²) in [6.07, 6.45) is 0. The molecule has 5 rings (SSSR count). The lowest BCUT2D eigenvalue weighted by Gasteiger charge is -2.07. The zero-order chi connectivity index (χ0) is 23.1. The first-order chi connectivity index (χ1) is 15.9. The van der Waals surface area contributed by atoms with Crippen LogP contribution in [-0.2, 0) is 16.1 Å². The maximum absolute atomic E-state index is 12.4. The Hall–Kier alpha value is -4.79. The zero-order valence-corrected chi connectivity index (χ0v) is 16.7. The van der Waals surface area contributed by atoms with E-state index in [1.807, 2.05) is 0 Å². The van der Waals surface area contributed by atoms with E-state index >= 15 is 0 Å². The van der Waals surface area contributed by atoms with Gasteiger partial charge in [0.25, 0.3) is 0 Å². The highest BCUT2D eigenvalue weighted by atomic mass is 16.6. The molecule has 0 saturated carbocycles. The Kier molecular flexibility index (Phi) is 4.71. The van der Waals surface area contributed by atoms with Crippen LogP contribution < -0.4 is 9.47 Å². The first-order valence-electron chi connectivity index (χ1n) is 9.64. The molecule has 3 aromatic carbocycles. The van der Waals surface area contributed by atoms with Crippen LogP contribution in [0.4, 0.5) is 0 Å². The van der Waals surface area contributed by atoms with Gasteiger partial charge < -0.3 is 18.9 Å². The van der Waals surface area contributed by atoms with Gasteiger partial charge in [-0.25, -0.2) is 24.0 Å². The molecule has 162 valence electrons. The molecule has 33 heavy (non-hydrogen) atoms. The summed E-state index contributed by atoms with van der Waals surface area (Å²) in [5, 5.41) is 0. The predicted molar refractivity (Wildman–Crippen MR) is 108 cm³/mol. The summed E-state index contributed by atoms with van der Waals surface area (Å²) in [5.41, 5.74) is 1.37. The topological polar surface area (TPSA) is 122 Å². The fourth-order valence-electron chi connectivity index (χ4n) is 3.36. The number of benzene rings is 3. The first kappa shape index (κ1) is 20.1. The number of cyclic esters (lactones) is 3. The molecule has 3 aromatic rings. The van der Waals surface area contributed by atoms with Crippen molar-refractivity contribution in [3.63, 3.8) is 0 Å². The molecule has 9 heteroatoms. The molecule has 0 fully saturated rings. The minimum atomic E-state index is -0.823. The molecule has 2 aliphatic rings. The van der Waals surface area contributed by atoms with Crippen LogP contribution >= 0.6 is 0 Å². The molecule has 0 aliphatic carbocycles. The third-order valence-electron chi connectivity index (χ3n) is 5.05. The second-order valence-electron chi connectivity index (χ2n) is 7.14. The zero-order valence-electron chi connectivity index (χ0n) is 16.7. The number of hydrogen-bond donors (Lipinski definition) is 0. The van der Waals surface area contributed by atoms with E-state index in [0.29, 0.717) is 11.1 Å². The molecule has 0 unspecified atom stereocenters. The van der Waals surface area contributed by atoms with Crippen molar-refractivity contribution >= 4 is 29.8 Å². The SMILES string of the molecule is O=C(Oc1ccc(OC(=O)c2ccc3c(c2)C(=O)OC3=O)cc1)c1ccc2c(c1)C(=O)OC2. The van der Waals surface area contributed by atoms with E-state index in [0.717, 1.165) is 0 Å². The smallest absolute Gasteiger partial charge is 0.346 e. The quantitative estimate of drug-likeness (QED) is 0.339. The number of carbonyl (C=O) groups excluding carboxylic acids is 5. The van der Waals surface area contributed by atoms with Gasteiger partial charge in [-0.3, -0.25) is 0 Å². The molecule has 0 amide bonds. The van der Waals surface area contributed by atoms with Crippen molar-refractivity contribution in [1.29, 1.82) is 0 Å². The second-order valence-corrected chi connectivity index (χ2v) is 7.14. The van der Waals surface area contributed by atoms with E-state index in [2.05, 4.69) is 4.74 Å². The average Bonchev–Trinajstić information content (AvgIpc) is 3.33. The summed E-state index contributed by atoms with van der Waals surface area (Å²) < 4.78 is 20.0. The summed E-state index contributed by atoms with van der Waals surface area (Å²) in [4.78, 5) is 59.6. The molecule has 0 spiro atoms. The Labute approximate surface area is 185 Å². The van der Waals surface area contributed by atoms with Crippen LogP contribution in [0, 0.1) is 0 Å². The number of esters is 5. The number of rotatable bonds is 4. The standard InChI is InChI=1S/C24H12O9/c25-20(12-1-2-14-11-30-22(27)18(14)9-12)31-15-4-6-16(7-5-15)32-21(26)13-3-8-17-19(10-13)24(29)33-23(17)28/h1-10H,11H2. The second kappa shape index (κ2) is 7.72. The highest BCUT2D eigenvalue weighted by Gasteiger charge is 2.30. The van der Waals surface area contributed by atoms with Gasteiger partial charge in [0.1, 0.15) is 18.1 Å². The Morgan fingerprint density at radius 2 is 1.18 bits per heavy atom. The maximum Gasteiger partial charge on any atom is 0.346 e. The summed E-state index contributed by atoms with van der Waals surface area (Å²) in [5.74, 6) is -3.13. The van der Waals surface area contributed by atoms with Crippen LogP contribution in [0.15, 0.2) is 60.7 Å². The first-order valence-corrected chi connectivity index (χ1v) is 9.64. The monoisotopic (exact) mass is 444 g/mol. The van der Waals surface area contributed by atoms with Crippen molar-refractivity contribution in [3.8, 4) is 11.5 Å². The summed E-state index contributed by atoms with van der Waals surface area (Å²) >= 11 is 0. The molecule has 0 radical (unpaired) electrons. The minimum Gasteiger partial charge on any atom is -0.457 e. The third kappa shape index (κ3) is 3.72. The largest absolute Gasteiger partial charge is 0.457 e. The minimum absolute atomic E-state index is 0.00322. The molecule has 2 heterocycles. The predicted octanol–water partition coefficient (Wildman–Crippen LogP) is 3.11. The van der Waals surface area contributed by atoms with Gasteiger partial charge in [-0.1, -0.05) is 6.07 Å². The van der Waals surface area contributed by atoms with Crippen molar-refractivity contribution in [3.05, 3.63) is 94.0 Å². The molecule has 0 saturated heterocycles. The van der Waals surface area contributed by atoms with Gasteiger partial charge >= 0.3 is 29.8 Å². The lowest BCUT2D eigenvalue weighted by Crippen LogP contribution is -2.11. The molecule has 0 N–H and O–H groups in total. The molecule has 2 aliphatic heterocycles. The van der Waals surface area contributed by atoms with Crippen molar-refractivity contribution in [2.75, 3.05) is 0 Å². The van der Waals surface area contributed by atoms with Gasteiger partial charge in [0.15, 0.2) is 0 Å². The number of hydrogen-bond acceptors (Lipinski definition) is 9. The van der Waals surface area contributed by atoms with Gasteiger partial charge in [-0.15, -0.1) is 0 Å². The Morgan fingerprint density at radius 3 is 1.82 bits per heavy atom. The van der Waals surface area contributed by atoms with Gasteiger partial charge in [-0.2, -0.15) is 0 Å². The summed E-state index contributed by atoms with van der Waals surface area (Å²) in [7, 11) is 0. The molecule has 0 bridgehead atoms.